The highest BCUT2D eigenvalue weighted by Gasteiger charge is 2.15. The molecule has 0 saturated heterocycles. The number of nitrogens with one attached hydrogen (secondary N) is 2. The summed E-state index contributed by atoms with van der Waals surface area (Å²) in [6.45, 7) is 6.30. The van der Waals surface area contributed by atoms with Gasteiger partial charge in [0.05, 0.1) is 17.6 Å². The molecule has 0 radical (unpaired) electrons. The van der Waals surface area contributed by atoms with Gasteiger partial charge < -0.3 is 15.4 Å². The summed E-state index contributed by atoms with van der Waals surface area (Å²) >= 11 is 1.30. The number of carbonyl (C=O) groups excluding carboxylic acids is 2. The normalized spacial score (nSPS) is 11.5. The first-order valence-electron chi connectivity index (χ1n) is 8.49. The van der Waals surface area contributed by atoms with E-state index >= 15 is 0 Å². The van der Waals surface area contributed by atoms with E-state index in [-0.39, 0.29) is 22.8 Å². The average molecular weight is 372 g/mol. The van der Waals surface area contributed by atoms with Crippen molar-refractivity contribution in [1.29, 1.82) is 0 Å². The number of aryl methyl sites for hydroxylation is 1. The van der Waals surface area contributed by atoms with Gasteiger partial charge in [0.25, 0.3) is 0 Å². The summed E-state index contributed by atoms with van der Waals surface area (Å²) in [7, 11) is 0. The second-order valence-electron chi connectivity index (χ2n) is 5.81. The number of carbonyl (C=O) groups is 2. The van der Waals surface area contributed by atoms with Crippen LogP contribution in [0.25, 0.3) is 0 Å². The third kappa shape index (κ3) is 6.44. The number of hydrogen-bond acceptors (Lipinski definition) is 4. The molecule has 6 heteroatoms. The Morgan fingerprint density at radius 2 is 1.58 bits per heavy atom. The van der Waals surface area contributed by atoms with Gasteiger partial charge in [-0.1, -0.05) is 17.7 Å². The van der Waals surface area contributed by atoms with Crippen LogP contribution in [0.3, 0.4) is 0 Å². The molecule has 0 aromatic heterocycles. The van der Waals surface area contributed by atoms with Crippen LogP contribution in [0.2, 0.25) is 0 Å². The number of thioether (sulfide) groups is 1. The van der Waals surface area contributed by atoms with Gasteiger partial charge in [-0.3, -0.25) is 9.59 Å². The first kappa shape index (κ1) is 19.8. The van der Waals surface area contributed by atoms with E-state index in [0.717, 1.165) is 17.0 Å². The second kappa shape index (κ2) is 9.87. The Morgan fingerprint density at radius 1 is 1.00 bits per heavy atom. The molecule has 2 rings (SSSR count). The van der Waals surface area contributed by atoms with Gasteiger partial charge in [0, 0.05) is 11.4 Å². The van der Waals surface area contributed by atoms with Crippen molar-refractivity contribution < 1.29 is 14.3 Å². The molecule has 1 atom stereocenters. The highest BCUT2D eigenvalue weighted by atomic mass is 32.2. The fourth-order valence-electron chi connectivity index (χ4n) is 2.16. The van der Waals surface area contributed by atoms with Crippen LogP contribution in [-0.2, 0) is 9.59 Å². The van der Waals surface area contributed by atoms with Crippen LogP contribution in [0.1, 0.15) is 19.4 Å². The topological polar surface area (TPSA) is 67.4 Å². The third-order valence-electron chi connectivity index (χ3n) is 3.60. The van der Waals surface area contributed by atoms with Gasteiger partial charge in [-0.2, -0.15) is 0 Å². The van der Waals surface area contributed by atoms with E-state index in [9.17, 15) is 9.59 Å². The molecule has 5 nitrogen and oxygen atoms in total. The minimum absolute atomic E-state index is 0.125. The molecule has 0 bridgehead atoms. The molecule has 0 aliphatic rings. The van der Waals surface area contributed by atoms with E-state index in [2.05, 4.69) is 10.6 Å². The molecule has 138 valence electrons. The van der Waals surface area contributed by atoms with Crippen LogP contribution in [0, 0.1) is 6.92 Å². The molecule has 0 spiro atoms. The van der Waals surface area contributed by atoms with Gasteiger partial charge in [-0.05, 0) is 57.2 Å². The van der Waals surface area contributed by atoms with E-state index in [0.29, 0.717) is 12.3 Å². The quantitative estimate of drug-likeness (QED) is 0.732. The molecule has 0 heterocycles. The third-order valence-corrected chi connectivity index (χ3v) is 4.74. The zero-order valence-electron chi connectivity index (χ0n) is 15.2. The molecule has 2 aromatic rings. The predicted octanol–water partition coefficient (Wildman–Crippen LogP) is 4.09. The van der Waals surface area contributed by atoms with Crippen molar-refractivity contribution in [3.05, 3.63) is 54.1 Å². The lowest BCUT2D eigenvalue weighted by molar-refractivity contribution is -0.115. The first-order chi connectivity index (χ1) is 12.5. The molecule has 0 saturated carbocycles. The van der Waals surface area contributed by atoms with Crippen LogP contribution < -0.4 is 15.4 Å². The summed E-state index contributed by atoms with van der Waals surface area (Å²) in [4.78, 5) is 24.2. The van der Waals surface area contributed by atoms with Crippen molar-refractivity contribution in [3.63, 3.8) is 0 Å². The van der Waals surface area contributed by atoms with Gasteiger partial charge in [-0.25, -0.2) is 0 Å². The molecule has 0 unspecified atom stereocenters. The first-order valence-corrected chi connectivity index (χ1v) is 9.54. The van der Waals surface area contributed by atoms with E-state index < -0.39 is 0 Å². The van der Waals surface area contributed by atoms with E-state index in [1.807, 2.05) is 50.2 Å². The lowest BCUT2D eigenvalue weighted by atomic mass is 10.2. The molecular weight excluding hydrogens is 348 g/mol. The lowest BCUT2D eigenvalue weighted by Crippen LogP contribution is -2.25. The SMILES string of the molecule is CCOc1ccc(NC(=O)[C@@H](C)SCC(=O)Nc2ccc(C)cc2)cc1. The standard InChI is InChI=1S/C20H24N2O3S/c1-4-25-18-11-9-17(10-12-18)22-20(24)15(3)26-13-19(23)21-16-7-5-14(2)6-8-16/h5-12,15H,4,13H2,1-3H3,(H,21,23)(H,22,24)/t15-/m1/s1. The van der Waals surface area contributed by atoms with Gasteiger partial charge in [0.15, 0.2) is 0 Å². The Bertz CT molecular complexity index is 730. The van der Waals surface area contributed by atoms with Crippen molar-refractivity contribution >= 4 is 35.0 Å². The Kier molecular flexibility index (Phi) is 7.53. The largest absolute Gasteiger partial charge is 0.494 e. The van der Waals surface area contributed by atoms with Crippen LogP contribution >= 0.6 is 11.8 Å². The molecule has 26 heavy (non-hydrogen) atoms. The number of hydrogen-bond donors (Lipinski definition) is 2. The van der Waals surface area contributed by atoms with Crippen molar-refractivity contribution in [2.75, 3.05) is 23.0 Å². The Balaban J connectivity index is 1.77. The Morgan fingerprint density at radius 3 is 2.19 bits per heavy atom. The fraction of sp³-hybridized carbons (Fsp3) is 0.300. The van der Waals surface area contributed by atoms with Gasteiger partial charge in [0.2, 0.25) is 11.8 Å². The van der Waals surface area contributed by atoms with Crippen LogP contribution in [-0.4, -0.2) is 29.4 Å². The van der Waals surface area contributed by atoms with Crippen LogP contribution in [0.15, 0.2) is 48.5 Å². The van der Waals surface area contributed by atoms with Crippen molar-refractivity contribution in [1.82, 2.24) is 0 Å². The van der Waals surface area contributed by atoms with Crippen molar-refractivity contribution in [2.45, 2.75) is 26.0 Å². The maximum absolute atomic E-state index is 12.2. The molecular formula is C20H24N2O3S. The number of anilines is 2. The summed E-state index contributed by atoms with van der Waals surface area (Å²) in [6.07, 6.45) is 0. The smallest absolute Gasteiger partial charge is 0.237 e. The highest BCUT2D eigenvalue weighted by Crippen LogP contribution is 2.18. The zero-order chi connectivity index (χ0) is 18.9. The number of rotatable bonds is 8. The number of ether oxygens (including phenoxy) is 1. The lowest BCUT2D eigenvalue weighted by Gasteiger charge is -2.12. The average Bonchev–Trinajstić information content (AvgIpc) is 2.63. The van der Waals surface area contributed by atoms with Gasteiger partial charge in [-0.15, -0.1) is 11.8 Å². The van der Waals surface area contributed by atoms with E-state index in [1.54, 1.807) is 19.1 Å². The van der Waals surface area contributed by atoms with Crippen LogP contribution in [0.5, 0.6) is 5.75 Å². The summed E-state index contributed by atoms with van der Waals surface area (Å²) in [5, 5.41) is 5.33. The van der Waals surface area contributed by atoms with Crippen molar-refractivity contribution in [2.24, 2.45) is 0 Å². The molecule has 0 aliphatic heterocycles. The highest BCUT2D eigenvalue weighted by molar-refractivity contribution is 8.01. The van der Waals surface area contributed by atoms with E-state index in [1.165, 1.54) is 11.8 Å². The molecule has 0 aliphatic carbocycles. The summed E-state index contributed by atoms with van der Waals surface area (Å²) < 4.78 is 5.37. The number of benzene rings is 2. The van der Waals surface area contributed by atoms with E-state index in [4.69, 9.17) is 4.74 Å². The minimum atomic E-state index is -0.342. The molecule has 2 aromatic carbocycles. The molecule has 2 N–H and O–H groups in total. The van der Waals surface area contributed by atoms with Gasteiger partial charge in [0.1, 0.15) is 5.75 Å². The maximum atomic E-state index is 12.2. The monoisotopic (exact) mass is 372 g/mol. The molecule has 0 fully saturated rings. The fourth-order valence-corrected chi connectivity index (χ4v) is 2.84. The van der Waals surface area contributed by atoms with Crippen LogP contribution in [0.4, 0.5) is 11.4 Å². The van der Waals surface area contributed by atoms with Gasteiger partial charge >= 0.3 is 0 Å². The summed E-state index contributed by atoms with van der Waals surface area (Å²) in [5.74, 6) is 0.716. The predicted molar refractivity (Wildman–Crippen MR) is 108 cm³/mol. The number of amides is 2. The second-order valence-corrected chi connectivity index (χ2v) is 7.14. The maximum Gasteiger partial charge on any atom is 0.237 e. The zero-order valence-corrected chi connectivity index (χ0v) is 16.1. The minimum Gasteiger partial charge on any atom is -0.494 e. The Hall–Kier alpha value is -2.47. The molecule has 2 amide bonds. The summed E-state index contributed by atoms with van der Waals surface area (Å²) in [6, 6.07) is 14.8. The summed E-state index contributed by atoms with van der Waals surface area (Å²) in [5.41, 5.74) is 2.60. The Labute approximate surface area is 158 Å². The van der Waals surface area contributed by atoms with Crippen molar-refractivity contribution in [3.8, 4) is 5.75 Å².